The van der Waals surface area contributed by atoms with E-state index in [2.05, 4.69) is 0 Å². The fourth-order valence-electron chi connectivity index (χ4n) is 1.48. The Kier molecular flexibility index (Phi) is 3.15. The minimum absolute atomic E-state index is 0.267. The zero-order chi connectivity index (χ0) is 11.4. The van der Waals surface area contributed by atoms with Crippen LogP contribution in [0.15, 0.2) is 40.8 Å². The van der Waals surface area contributed by atoms with Crippen molar-refractivity contribution in [2.75, 3.05) is 0 Å². The fourth-order valence-corrected chi connectivity index (χ4v) is 1.48. The van der Waals surface area contributed by atoms with Crippen LogP contribution in [0, 0.1) is 5.82 Å². The molecule has 0 amide bonds. The molecule has 0 bridgehead atoms. The van der Waals surface area contributed by atoms with Crippen LogP contribution < -0.4 is 0 Å². The van der Waals surface area contributed by atoms with Crippen molar-refractivity contribution in [2.45, 2.75) is 12.8 Å². The van der Waals surface area contributed by atoms with Crippen LogP contribution >= 0.6 is 0 Å². The summed E-state index contributed by atoms with van der Waals surface area (Å²) in [5, 5.41) is 0. The highest BCUT2D eigenvalue weighted by Gasteiger charge is 2.04. The summed E-state index contributed by atoms with van der Waals surface area (Å²) in [6.45, 7) is 0. The van der Waals surface area contributed by atoms with Gasteiger partial charge in [-0.3, -0.25) is 0 Å². The second kappa shape index (κ2) is 4.75. The lowest BCUT2D eigenvalue weighted by atomic mass is 10.2. The number of furan rings is 1. The van der Waals surface area contributed by atoms with Crippen LogP contribution in [0.25, 0.3) is 11.3 Å². The Morgan fingerprint density at radius 1 is 1.12 bits per heavy atom. The standard InChI is InChI=1S/C13H11FO2/c14-11-5-3-10(4-6-11)13-8-7-12(16-13)2-1-9-15/h3-9H,1-2H2. The molecule has 0 saturated carbocycles. The first kappa shape index (κ1) is 10.6. The minimum Gasteiger partial charge on any atom is -0.461 e. The zero-order valence-electron chi connectivity index (χ0n) is 8.65. The number of aldehydes is 1. The van der Waals surface area contributed by atoms with Crippen LogP contribution in [-0.4, -0.2) is 6.29 Å². The molecule has 2 aromatic rings. The first-order valence-electron chi connectivity index (χ1n) is 5.08. The summed E-state index contributed by atoms with van der Waals surface area (Å²) in [5.41, 5.74) is 0.832. The van der Waals surface area contributed by atoms with Gasteiger partial charge in [-0.2, -0.15) is 0 Å². The van der Waals surface area contributed by atoms with Gasteiger partial charge in [0.25, 0.3) is 0 Å². The molecule has 2 nitrogen and oxygen atoms in total. The van der Waals surface area contributed by atoms with Crippen molar-refractivity contribution in [2.24, 2.45) is 0 Å². The molecule has 0 aliphatic carbocycles. The van der Waals surface area contributed by atoms with E-state index in [1.807, 2.05) is 12.1 Å². The van der Waals surface area contributed by atoms with E-state index in [9.17, 15) is 9.18 Å². The summed E-state index contributed by atoms with van der Waals surface area (Å²) >= 11 is 0. The quantitative estimate of drug-likeness (QED) is 0.737. The molecule has 0 aliphatic rings. The lowest BCUT2D eigenvalue weighted by Crippen LogP contribution is -1.81. The highest BCUT2D eigenvalue weighted by Crippen LogP contribution is 2.22. The number of hydrogen-bond acceptors (Lipinski definition) is 2. The number of hydrogen-bond donors (Lipinski definition) is 0. The molecule has 0 N–H and O–H groups in total. The van der Waals surface area contributed by atoms with Gasteiger partial charge in [-0.25, -0.2) is 4.39 Å². The van der Waals surface area contributed by atoms with E-state index in [4.69, 9.17) is 4.42 Å². The third-order valence-corrected chi connectivity index (χ3v) is 2.30. The Hall–Kier alpha value is -1.90. The zero-order valence-corrected chi connectivity index (χ0v) is 8.65. The molecule has 0 atom stereocenters. The normalized spacial score (nSPS) is 10.3. The van der Waals surface area contributed by atoms with Crippen LogP contribution in [0.2, 0.25) is 0 Å². The summed E-state index contributed by atoms with van der Waals surface area (Å²) < 4.78 is 18.2. The third-order valence-electron chi connectivity index (χ3n) is 2.30. The smallest absolute Gasteiger partial charge is 0.134 e. The van der Waals surface area contributed by atoms with Crippen molar-refractivity contribution >= 4 is 6.29 Å². The maximum Gasteiger partial charge on any atom is 0.134 e. The lowest BCUT2D eigenvalue weighted by Gasteiger charge is -1.96. The Morgan fingerprint density at radius 2 is 1.88 bits per heavy atom. The number of halogens is 1. The van der Waals surface area contributed by atoms with Crippen LogP contribution in [0.3, 0.4) is 0 Å². The number of rotatable bonds is 4. The average molecular weight is 218 g/mol. The van der Waals surface area contributed by atoms with Crippen LogP contribution in [0.5, 0.6) is 0 Å². The van der Waals surface area contributed by atoms with Gasteiger partial charge in [-0.05, 0) is 36.4 Å². The van der Waals surface area contributed by atoms with Crippen LogP contribution in [-0.2, 0) is 11.2 Å². The fraction of sp³-hybridized carbons (Fsp3) is 0.154. The molecular formula is C13H11FO2. The Bertz CT molecular complexity index is 471. The molecule has 0 radical (unpaired) electrons. The van der Waals surface area contributed by atoms with Gasteiger partial charge in [0.1, 0.15) is 23.6 Å². The van der Waals surface area contributed by atoms with Crippen molar-refractivity contribution in [1.29, 1.82) is 0 Å². The predicted molar refractivity (Wildman–Crippen MR) is 58.5 cm³/mol. The molecule has 16 heavy (non-hydrogen) atoms. The molecular weight excluding hydrogens is 207 g/mol. The topological polar surface area (TPSA) is 30.2 Å². The SMILES string of the molecule is O=CCCc1ccc(-c2ccc(F)cc2)o1. The van der Waals surface area contributed by atoms with E-state index < -0.39 is 0 Å². The van der Waals surface area contributed by atoms with Gasteiger partial charge in [0.2, 0.25) is 0 Å². The lowest BCUT2D eigenvalue weighted by molar-refractivity contribution is -0.107. The first-order valence-corrected chi connectivity index (χ1v) is 5.08. The summed E-state index contributed by atoms with van der Waals surface area (Å²) in [6.07, 6.45) is 1.92. The number of aryl methyl sites for hydroxylation is 1. The summed E-state index contributed by atoms with van der Waals surface area (Å²) in [7, 11) is 0. The molecule has 0 spiro atoms. The van der Waals surface area contributed by atoms with E-state index >= 15 is 0 Å². The summed E-state index contributed by atoms with van der Waals surface area (Å²) in [5.74, 6) is 1.20. The van der Waals surface area contributed by atoms with Crippen molar-refractivity contribution in [1.82, 2.24) is 0 Å². The number of carbonyl (C=O) groups is 1. The molecule has 0 unspecified atom stereocenters. The second-order valence-electron chi connectivity index (χ2n) is 3.48. The van der Waals surface area contributed by atoms with Crippen molar-refractivity contribution in [3.05, 3.63) is 48.0 Å². The Labute approximate surface area is 92.7 Å². The predicted octanol–water partition coefficient (Wildman–Crippen LogP) is 3.22. The number of benzene rings is 1. The Morgan fingerprint density at radius 3 is 2.56 bits per heavy atom. The van der Waals surface area contributed by atoms with Gasteiger partial charge >= 0.3 is 0 Å². The van der Waals surface area contributed by atoms with Crippen LogP contribution in [0.1, 0.15) is 12.2 Å². The first-order chi connectivity index (χ1) is 7.79. The van der Waals surface area contributed by atoms with Gasteiger partial charge in [0.15, 0.2) is 0 Å². The molecule has 1 heterocycles. The van der Waals surface area contributed by atoms with Gasteiger partial charge in [0, 0.05) is 18.4 Å². The highest BCUT2D eigenvalue weighted by atomic mass is 19.1. The van der Waals surface area contributed by atoms with Gasteiger partial charge in [-0.15, -0.1) is 0 Å². The summed E-state index contributed by atoms with van der Waals surface area (Å²) in [4.78, 5) is 10.2. The van der Waals surface area contributed by atoms with E-state index in [0.717, 1.165) is 17.6 Å². The molecule has 1 aromatic heterocycles. The average Bonchev–Trinajstić information content (AvgIpc) is 2.76. The maximum atomic E-state index is 12.7. The summed E-state index contributed by atoms with van der Waals surface area (Å²) in [6, 6.07) is 9.77. The monoisotopic (exact) mass is 218 g/mol. The van der Waals surface area contributed by atoms with Gasteiger partial charge in [-0.1, -0.05) is 0 Å². The molecule has 1 aromatic carbocycles. The Balaban J connectivity index is 2.17. The molecule has 0 fully saturated rings. The number of carbonyl (C=O) groups excluding carboxylic acids is 1. The minimum atomic E-state index is -0.267. The van der Waals surface area contributed by atoms with Gasteiger partial charge in [0.05, 0.1) is 0 Å². The van der Waals surface area contributed by atoms with Gasteiger partial charge < -0.3 is 9.21 Å². The van der Waals surface area contributed by atoms with E-state index in [-0.39, 0.29) is 5.82 Å². The largest absolute Gasteiger partial charge is 0.461 e. The van der Waals surface area contributed by atoms with E-state index in [0.29, 0.717) is 18.6 Å². The van der Waals surface area contributed by atoms with Crippen molar-refractivity contribution in [3.8, 4) is 11.3 Å². The molecule has 0 aliphatic heterocycles. The molecule has 3 heteroatoms. The molecule has 0 saturated heterocycles. The van der Waals surface area contributed by atoms with E-state index in [1.54, 1.807) is 12.1 Å². The van der Waals surface area contributed by atoms with Crippen molar-refractivity contribution in [3.63, 3.8) is 0 Å². The highest BCUT2D eigenvalue weighted by molar-refractivity contribution is 5.57. The van der Waals surface area contributed by atoms with Crippen molar-refractivity contribution < 1.29 is 13.6 Å². The molecule has 2 rings (SSSR count). The third kappa shape index (κ3) is 2.37. The maximum absolute atomic E-state index is 12.7. The van der Waals surface area contributed by atoms with E-state index in [1.165, 1.54) is 12.1 Å². The second-order valence-corrected chi connectivity index (χ2v) is 3.48. The molecule has 82 valence electrons. The van der Waals surface area contributed by atoms with Crippen LogP contribution in [0.4, 0.5) is 4.39 Å².